The quantitative estimate of drug-likeness (QED) is 0.820. The van der Waals surface area contributed by atoms with Gasteiger partial charge in [0.25, 0.3) is 0 Å². The van der Waals surface area contributed by atoms with E-state index >= 15 is 0 Å². The van der Waals surface area contributed by atoms with Crippen LogP contribution in [0.1, 0.15) is 31.2 Å². The van der Waals surface area contributed by atoms with Gasteiger partial charge < -0.3 is 10.2 Å². The highest BCUT2D eigenvalue weighted by molar-refractivity contribution is 7.91. The molecule has 1 saturated heterocycles. The van der Waals surface area contributed by atoms with Crippen LogP contribution in [0.4, 0.5) is 11.4 Å². The van der Waals surface area contributed by atoms with Crippen LogP contribution in [0.5, 0.6) is 0 Å². The Kier molecular flexibility index (Phi) is 6.16. The number of hydrogen-bond acceptors (Lipinski definition) is 4. The number of anilines is 2. The first-order chi connectivity index (χ1) is 12.9. The number of carbonyl (C=O) groups excluding carboxylic acids is 1. The van der Waals surface area contributed by atoms with E-state index in [4.69, 9.17) is 0 Å². The molecule has 0 aromatic heterocycles. The maximum absolute atomic E-state index is 12.4. The minimum atomic E-state index is -3.46. The molecule has 0 bridgehead atoms. The van der Waals surface area contributed by atoms with Gasteiger partial charge >= 0.3 is 0 Å². The first-order valence-electron chi connectivity index (χ1n) is 9.38. The van der Waals surface area contributed by atoms with Crippen molar-refractivity contribution in [1.29, 1.82) is 0 Å². The SMILES string of the molecule is Cc1ccc(S(=O)(=O)CCC(=O)Nc2cccc(N3CCCCC3)c2)cc1. The molecule has 0 radical (unpaired) electrons. The molecular weight excluding hydrogens is 360 g/mol. The van der Waals surface area contributed by atoms with Crippen molar-refractivity contribution in [3.8, 4) is 0 Å². The maximum atomic E-state index is 12.4. The summed E-state index contributed by atoms with van der Waals surface area (Å²) in [4.78, 5) is 14.8. The van der Waals surface area contributed by atoms with Crippen molar-refractivity contribution in [2.75, 3.05) is 29.1 Å². The molecule has 2 aromatic rings. The van der Waals surface area contributed by atoms with Crippen molar-refractivity contribution < 1.29 is 13.2 Å². The summed E-state index contributed by atoms with van der Waals surface area (Å²) < 4.78 is 24.7. The number of benzene rings is 2. The number of rotatable bonds is 6. The fourth-order valence-electron chi connectivity index (χ4n) is 3.25. The number of sulfone groups is 1. The minimum absolute atomic E-state index is 0.0653. The summed E-state index contributed by atoms with van der Waals surface area (Å²) in [6, 6.07) is 14.5. The van der Waals surface area contributed by atoms with Crippen LogP contribution in [-0.4, -0.2) is 33.2 Å². The molecule has 144 valence electrons. The highest BCUT2D eigenvalue weighted by Crippen LogP contribution is 2.23. The topological polar surface area (TPSA) is 66.5 Å². The molecular formula is C21H26N2O3S. The summed E-state index contributed by atoms with van der Waals surface area (Å²) in [6.07, 6.45) is 3.58. The Morgan fingerprint density at radius 2 is 1.74 bits per heavy atom. The van der Waals surface area contributed by atoms with Gasteiger partial charge in [-0.05, 0) is 56.5 Å². The van der Waals surface area contributed by atoms with E-state index in [9.17, 15) is 13.2 Å². The highest BCUT2D eigenvalue weighted by Gasteiger charge is 2.17. The van der Waals surface area contributed by atoms with Crippen molar-refractivity contribution in [2.24, 2.45) is 0 Å². The van der Waals surface area contributed by atoms with Gasteiger partial charge in [-0.15, -0.1) is 0 Å². The van der Waals surface area contributed by atoms with Crippen LogP contribution in [0.25, 0.3) is 0 Å². The lowest BCUT2D eigenvalue weighted by molar-refractivity contribution is -0.115. The minimum Gasteiger partial charge on any atom is -0.371 e. The van der Waals surface area contributed by atoms with Crippen LogP contribution in [-0.2, 0) is 14.6 Å². The first-order valence-corrected chi connectivity index (χ1v) is 11.0. The van der Waals surface area contributed by atoms with Crippen molar-refractivity contribution in [3.63, 3.8) is 0 Å². The molecule has 0 atom stereocenters. The molecule has 0 saturated carbocycles. The van der Waals surface area contributed by atoms with Gasteiger partial charge in [-0.3, -0.25) is 4.79 Å². The van der Waals surface area contributed by atoms with Crippen LogP contribution in [0.2, 0.25) is 0 Å². The second kappa shape index (κ2) is 8.57. The zero-order valence-electron chi connectivity index (χ0n) is 15.6. The molecule has 0 unspecified atom stereocenters. The van der Waals surface area contributed by atoms with E-state index in [1.54, 1.807) is 24.3 Å². The summed E-state index contributed by atoms with van der Waals surface area (Å²) in [6.45, 7) is 3.97. The summed E-state index contributed by atoms with van der Waals surface area (Å²) in [5.41, 5.74) is 2.80. The van der Waals surface area contributed by atoms with E-state index in [0.29, 0.717) is 5.69 Å². The Balaban J connectivity index is 1.58. The number of nitrogens with one attached hydrogen (secondary N) is 1. The standard InChI is InChI=1S/C21H26N2O3S/c1-17-8-10-20(11-9-17)27(25,26)15-12-21(24)22-18-6-5-7-19(16-18)23-13-3-2-4-14-23/h5-11,16H,2-4,12-15H2,1H3,(H,22,24). The molecule has 3 rings (SSSR count). The van der Waals surface area contributed by atoms with Crippen molar-refractivity contribution in [3.05, 3.63) is 54.1 Å². The van der Waals surface area contributed by atoms with Crippen molar-refractivity contribution in [2.45, 2.75) is 37.5 Å². The molecule has 1 aliphatic rings. The first kappa shape index (κ1) is 19.4. The molecule has 1 heterocycles. The lowest BCUT2D eigenvalue weighted by Crippen LogP contribution is -2.29. The molecule has 1 fully saturated rings. The Morgan fingerprint density at radius 1 is 1.04 bits per heavy atom. The van der Waals surface area contributed by atoms with Crippen LogP contribution in [0, 0.1) is 6.92 Å². The molecule has 27 heavy (non-hydrogen) atoms. The van der Waals surface area contributed by atoms with Gasteiger partial charge in [0, 0.05) is 30.9 Å². The molecule has 5 nitrogen and oxygen atoms in total. The van der Waals surface area contributed by atoms with E-state index in [0.717, 1.165) is 24.3 Å². The maximum Gasteiger partial charge on any atom is 0.225 e. The molecule has 1 N–H and O–H groups in total. The van der Waals surface area contributed by atoms with Gasteiger partial charge in [0.1, 0.15) is 0 Å². The summed E-state index contributed by atoms with van der Waals surface area (Å²) >= 11 is 0. The fraction of sp³-hybridized carbons (Fsp3) is 0.381. The predicted octanol–water partition coefficient (Wildman–Crippen LogP) is 3.79. The largest absolute Gasteiger partial charge is 0.371 e. The summed E-state index contributed by atoms with van der Waals surface area (Å²) in [5, 5.41) is 2.82. The normalized spacial score (nSPS) is 14.8. The van der Waals surface area contributed by atoms with E-state index < -0.39 is 9.84 Å². The average molecular weight is 387 g/mol. The van der Waals surface area contributed by atoms with Gasteiger partial charge in [-0.1, -0.05) is 23.8 Å². The summed E-state index contributed by atoms with van der Waals surface area (Å²) in [7, 11) is -3.46. The van der Waals surface area contributed by atoms with Crippen molar-refractivity contribution in [1.82, 2.24) is 0 Å². The lowest BCUT2D eigenvalue weighted by Gasteiger charge is -2.29. The van der Waals surface area contributed by atoms with Gasteiger partial charge in [-0.25, -0.2) is 8.42 Å². The Labute approximate surface area is 161 Å². The second-order valence-electron chi connectivity index (χ2n) is 7.03. The monoisotopic (exact) mass is 386 g/mol. The van der Waals surface area contributed by atoms with Crippen LogP contribution < -0.4 is 10.2 Å². The number of nitrogens with zero attached hydrogens (tertiary/aromatic N) is 1. The number of amides is 1. The van der Waals surface area contributed by atoms with E-state index in [1.807, 2.05) is 31.2 Å². The molecule has 0 aliphatic carbocycles. The zero-order chi connectivity index (χ0) is 19.3. The third-order valence-corrected chi connectivity index (χ3v) is 6.56. The van der Waals surface area contributed by atoms with Gasteiger partial charge in [0.2, 0.25) is 5.91 Å². The van der Waals surface area contributed by atoms with Gasteiger partial charge in [0.05, 0.1) is 10.6 Å². The molecule has 1 amide bonds. The average Bonchev–Trinajstić information content (AvgIpc) is 2.68. The molecule has 6 heteroatoms. The Morgan fingerprint density at radius 3 is 2.44 bits per heavy atom. The fourth-order valence-corrected chi connectivity index (χ4v) is 4.49. The number of carbonyl (C=O) groups is 1. The molecule has 2 aromatic carbocycles. The van der Waals surface area contributed by atoms with Gasteiger partial charge in [-0.2, -0.15) is 0 Å². The van der Waals surface area contributed by atoms with E-state index in [2.05, 4.69) is 10.2 Å². The zero-order valence-corrected chi connectivity index (χ0v) is 16.5. The van der Waals surface area contributed by atoms with Crippen LogP contribution in [0.3, 0.4) is 0 Å². The predicted molar refractivity (Wildman–Crippen MR) is 109 cm³/mol. The van der Waals surface area contributed by atoms with Crippen molar-refractivity contribution >= 4 is 27.1 Å². The van der Waals surface area contributed by atoms with Crippen LogP contribution >= 0.6 is 0 Å². The lowest BCUT2D eigenvalue weighted by atomic mass is 10.1. The highest BCUT2D eigenvalue weighted by atomic mass is 32.2. The van der Waals surface area contributed by atoms with Gasteiger partial charge in [0.15, 0.2) is 9.84 Å². The molecule has 1 aliphatic heterocycles. The number of piperidine rings is 1. The third kappa shape index (κ3) is 5.32. The second-order valence-corrected chi connectivity index (χ2v) is 9.14. The van der Waals surface area contributed by atoms with Crippen LogP contribution in [0.15, 0.2) is 53.4 Å². The smallest absolute Gasteiger partial charge is 0.225 e. The Hall–Kier alpha value is -2.34. The number of hydrogen-bond donors (Lipinski definition) is 1. The summed E-state index contributed by atoms with van der Waals surface area (Å²) in [5.74, 6) is -0.491. The Bertz CT molecular complexity index is 886. The third-order valence-electron chi connectivity index (χ3n) is 4.83. The number of aryl methyl sites for hydroxylation is 1. The van der Waals surface area contributed by atoms with E-state index in [-0.39, 0.29) is 23.0 Å². The van der Waals surface area contributed by atoms with E-state index in [1.165, 1.54) is 19.3 Å². The molecule has 0 spiro atoms.